The summed E-state index contributed by atoms with van der Waals surface area (Å²) < 4.78 is 2.10. The normalized spacial score (nSPS) is 12.7. The standard InChI is InChI=1S/C15H19NO/c1-11-4-5-14(8-12(11)2)9-16-7-6-15(10-16)13(3)17/h4-8,10,13,17H,9H2,1-3H3. The van der Waals surface area contributed by atoms with Crippen LogP contribution in [0.4, 0.5) is 0 Å². The average Bonchev–Trinajstić information content (AvgIpc) is 2.72. The predicted molar refractivity (Wildman–Crippen MR) is 70.1 cm³/mol. The molecule has 0 aliphatic carbocycles. The van der Waals surface area contributed by atoms with Crippen LogP contribution in [0.5, 0.6) is 0 Å². The van der Waals surface area contributed by atoms with E-state index in [-0.39, 0.29) is 0 Å². The Balaban J connectivity index is 2.16. The molecule has 0 aliphatic heterocycles. The molecular weight excluding hydrogens is 210 g/mol. The summed E-state index contributed by atoms with van der Waals surface area (Å²) >= 11 is 0. The van der Waals surface area contributed by atoms with E-state index >= 15 is 0 Å². The highest BCUT2D eigenvalue weighted by Crippen LogP contribution is 2.15. The van der Waals surface area contributed by atoms with Crippen LogP contribution >= 0.6 is 0 Å². The Morgan fingerprint density at radius 3 is 2.53 bits per heavy atom. The fourth-order valence-electron chi connectivity index (χ4n) is 1.92. The smallest absolute Gasteiger partial charge is 0.0776 e. The maximum absolute atomic E-state index is 9.47. The van der Waals surface area contributed by atoms with Gasteiger partial charge in [-0.05, 0) is 49.1 Å². The summed E-state index contributed by atoms with van der Waals surface area (Å²) in [7, 11) is 0. The Morgan fingerprint density at radius 1 is 1.18 bits per heavy atom. The van der Waals surface area contributed by atoms with Gasteiger partial charge < -0.3 is 9.67 Å². The first kappa shape index (κ1) is 11.9. The summed E-state index contributed by atoms with van der Waals surface area (Å²) in [5.74, 6) is 0. The highest BCUT2D eigenvalue weighted by atomic mass is 16.3. The largest absolute Gasteiger partial charge is 0.389 e. The molecule has 0 saturated carbocycles. The van der Waals surface area contributed by atoms with Crippen LogP contribution in [0.3, 0.4) is 0 Å². The molecule has 1 aromatic carbocycles. The van der Waals surface area contributed by atoms with Crippen LogP contribution in [-0.2, 0) is 6.54 Å². The van der Waals surface area contributed by atoms with E-state index in [1.165, 1.54) is 16.7 Å². The van der Waals surface area contributed by atoms with Gasteiger partial charge in [-0.2, -0.15) is 0 Å². The fourth-order valence-corrected chi connectivity index (χ4v) is 1.92. The second-order valence-electron chi connectivity index (χ2n) is 4.71. The summed E-state index contributed by atoms with van der Waals surface area (Å²) in [5, 5.41) is 9.47. The van der Waals surface area contributed by atoms with Gasteiger partial charge in [0, 0.05) is 18.9 Å². The number of aryl methyl sites for hydroxylation is 2. The van der Waals surface area contributed by atoms with Crippen LogP contribution in [0, 0.1) is 13.8 Å². The average molecular weight is 229 g/mol. The zero-order valence-corrected chi connectivity index (χ0v) is 10.6. The Bertz CT molecular complexity index is 511. The first-order valence-electron chi connectivity index (χ1n) is 5.96. The van der Waals surface area contributed by atoms with Gasteiger partial charge >= 0.3 is 0 Å². The Kier molecular flexibility index (Phi) is 3.34. The van der Waals surface area contributed by atoms with Crippen LogP contribution in [0.1, 0.15) is 35.3 Å². The third kappa shape index (κ3) is 2.77. The minimum Gasteiger partial charge on any atom is -0.389 e. The maximum Gasteiger partial charge on any atom is 0.0776 e. The molecule has 1 heterocycles. The van der Waals surface area contributed by atoms with Crippen molar-refractivity contribution >= 4 is 0 Å². The summed E-state index contributed by atoms with van der Waals surface area (Å²) in [6, 6.07) is 8.50. The monoisotopic (exact) mass is 229 g/mol. The fraction of sp³-hybridized carbons (Fsp3) is 0.333. The highest BCUT2D eigenvalue weighted by Gasteiger charge is 2.03. The molecule has 17 heavy (non-hydrogen) atoms. The molecule has 2 rings (SSSR count). The molecule has 90 valence electrons. The molecule has 0 aliphatic rings. The first-order chi connectivity index (χ1) is 8.06. The van der Waals surface area contributed by atoms with Gasteiger partial charge in [0.2, 0.25) is 0 Å². The van der Waals surface area contributed by atoms with E-state index in [1.54, 1.807) is 6.92 Å². The third-order valence-corrected chi connectivity index (χ3v) is 3.19. The van der Waals surface area contributed by atoms with E-state index in [4.69, 9.17) is 0 Å². The minimum atomic E-state index is -0.393. The summed E-state index contributed by atoms with van der Waals surface area (Å²) in [6.45, 7) is 6.90. The maximum atomic E-state index is 9.47. The van der Waals surface area contributed by atoms with E-state index in [9.17, 15) is 5.11 Å². The van der Waals surface area contributed by atoms with E-state index in [0.717, 1.165) is 12.1 Å². The van der Waals surface area contributed by atoms with Gasteiger partial charge in [0.05, 0.1) is 6.10 Å². The van der Waals surface area contributed by atoms with Crippen LogP contribution in [0.15, 0.2) is 36.7 Å². The molecule has 1 atom stereocenters. The van der Waals surface area contributed by atoms with Crippen molar-refractivity contribution < 1.29 is 5.11 Å². The SMILES string of the molecule is Cc1ccc(Cn2ccc(C(C)O)c2)cc1C. The van der Waals surface area contributed by atoms with Crippen LogP contribution in [0.25, 0.3) is 0 Å². The second kappa shape index (κ2) is 4.76. The third-order valence-electron chi connectivity index (χ3n) is 3.19. The molecule has 0 fully saturated rings. The first-order valence-corrected chi connectivity index (χ1v) is 5.96. The quantitative estimate of drug-likeness (QED) is 0.859. The molecule has 0 bridgehead atoms. The molecule has 1 aromatic heterocycles. The van der Waals surface area contributed by atoms with Gasteiger partial charge in [0.15, 0.2) is 0 Å². The number of rotatable bonds is 3. The number of aromatic nitrogens is 1. The molecule has 0 saturated heterocycles. The van der Waals surface area contributed by atoms with E-state index in [0.29, 0.717) is 0 Å². The number of hydrogen-bond donors (Lipinski definition) is 1. The molecule has 2 nitrogen and oxygen atoms in total. The van der Waals surface area contributed by atoms with E-state index in [1.807, 2.05) is 18.5 Å². The number of nitrogens with zero attached hydrogens (tertiary/aromatic N) is 1. The van der Waals surface area contributed by atoms with Crippen molar-refractivity contribution in [3.8, 4) is 0 Å². The summed E-state index contributed by atoms with van der Waals surface area (Å²) in [5.41, 5.74) is 4.91. The minimum absolute atomic E-state index is 0.393. The van der Waals surface area contributed by atoms with Crippen molar-refractivity contribution in [1.29, 1.82) is 0 Å². The van der Waals surface area contributed by atoms with Gasteiger partial charge in [0.1, 0.15) is 0 Å². The zero-order valence-electron chi connectivity index (χ0n) is 10.6. The lowest BCUT2D eigenvalue weighted by atomic mass is 10.1. The van der Waals surface area contributed by atoms with Crippen LogP contribution < -0.4 is 0 Å². The number of benzene rings is 1. The number of aliphatic hydroxyl groups excluding tert-OH is 1. The van der Waals surface area contributed by atoms with Gasteiger partial charge in [-0.1, -0.05) is 18.2 Å². The van der Waals surface area contributed by atoms with E-state index < -0.39 is 6.10 Å². The molecule has 0 amide bonds. The molecule has 0 spiro atoms. The number of aliphatic hydroxyl groups is 1. The van der Waals surface area contributed by atoms with Gasteiger partial charge in [0.25, 0.3) is 0 Å². The summed E-state index contributed by atoms with van der Waals surface area (Å²) in [4.78, 5) is 0. The topological polar surface area (TPSA) is 25.2 Å². The van der Waals surface area contributed by atoms with Crippen molar-refractivity contribution in [1.82, 2.24) is 4.57 Å². The van der Waals surface area contributed by atoms with Crippen molar-refractivity contribution in [3.05, 3.63) is 58.9 Å². The summed E-state index contributed by atoms with van der Waals surface area (Å²) in [6.07, 6.45) is 3.62. The molecule has 1 N–H and O–H groups in total. The van der Waals surface area contributed by atoms with Crippen LogP contribution in [0.2, 0.25) is 0 Å². The Labute approximate surface area is 103 Å². The molecule has 2 aromatic rings. The Morgan fingerprint density at radius 2 is 1.94 bits per heavy atom. The second-order valence-corrected chi connectivity index (χ2v) is 4.71. The van der Waals surface area contributed by atoms with Gasteiger partial charge in [-0.15, -0.1) is 0 Å². The van der Waals surface area contributed by atoms with Crippen molar-refractivity contribution in [2.75, 3.05) is 0 Å². The zero-order chi connectivity index (χ0) is 12.4. The highest BCUT2D eigenvalue weighted by molar-refractivity contribution is 5.30. The lowest BCUT2D eigenvalue weighted by Gasteiger charge is -2.06. The molecular formula is C15H19NO. The van der Waals surface area contributed by atoms with Crippen molar-refractivity contribution in [3.63, 3.8) is 0 Å². The van der Waals surface area contributed by atoms with Gasteiger partial charge in [-0.3, -0.25) is 0 Å². The molecule has 0 radical (unpaired) electrons. The number of hydrogen-bond acceptors (Lipinski definition) is 1. The van der Waals surface area contributed by atoms with Crippen LogP contribution in [-0.4, -0.2) is 9.67 Å². The predicted octanol–water partition coefficient (Wildman–Crippen LogP) is 3.21. The molecule has 1 unspecified atom stereocenters. The van der Waals surface area contributed by atoms with E-state index in [2.05, 4.69) is 36.6 Å². The Hall–Kier alpha value is -1.54. The van der Waals surface area contributed by atoms with Crippen molar-refractivity contribution in [2.45, 2.75) is 33.4 Å². The van der Waals surface area contributed by atoms with Crippen molar-refractivity contribution in [2.24, 2.45) is 0 Å². The molecule has 2 heteroatoms. The lowest BCUT2D eigenvalue weighted by molar-refractivity contribution is 0.199. The van der Waals surface area contributed by atoms with Gasteiger partial charge in [-0.25, -0.2) is 0 Å². The lowest BCUT2D eigenvalue weighted by Crippen LogP contribution is -1.97.